The highest BCUT2D eigenvalue weighted by molar-refractivity contribution is 5.93. The summed E-state index contributed by atoms with van der Waals surface area (Å²) >= 11 is 0. The van der Waals surface area contributed by atoms with Crippen molar-refractivity contribution in [3.8, 4) is 0 Å². The first kappa shape index (κ1) is 22.4. The summed E-state index contributed by atoms with van der Waals surface area (Å²) in [5, 5.41) is 5.87. The third-order valence-corrected chi connectivity index (χ3v) is 4.85. The highest BCUT2D eigenvalue weighted by Crippen LogP contribution is 2.20. The molecule has 1 aliphatic heterocycles. The first-order chi connectivity index (χ1) is 12.2. The van der Waals surface area contributed by atoms with Gasteiger partial charge in [-0.15, -0.1) is 0 Å². The fourth-order valence-corrected chi connectivity index (χ4v) is 3.44. The number of primary amides is 1. The van der Waals surface area contributed by atoms with Crippen LogP contribution in [-0.2, 0) is 14.4 Å². The quantitative estimate of drug-likeness (QED) is 0.420. The molecular weight excluding hydrogens is 334 g/mol. The SMILES string of the molecule is CCCC(N)C(NCC)C(=O)N1CCCC1C(=O)NC(C(N)=O)C(C)C. The third-order valence-electron chi connectivity index (χ3n) is 4.85. The zero-order chi connectivity index (χ0) is 19.9. The van der Waals surface area contributed by atoms with Gasteiger partial charge >= 0.3 is 0 Å². The lowest BCUT2D eigenvalue weighted by Gasteiger charge is -2.32. The highest BCUT2D eigenvalue weighted by atomic mass is 16.2. The predicted molar refractivity (Wildman–Crippen MR) is 101 cm³/mol. The number of likely N-dealkylation sites (N-methyl/N-ethyl adjacent to an activating group) is 1. The van der Waals surface area contributed by atoms with Gasteiger partial charge < -0.3 is 27.0 Å². The largest absolute Gasteiger partial charge is 0.368 e. The van der Waals surface area contributed by atoms with Crippen molar-refractivity contribution in [3.05, 3.63) is 0 Å². The lowest BCUT2D eigenvalue weighted by Crippen LogP contribution is -2.59. The van der Waals surface area contributed by atoms with Crippen molar-refractivity contribution in [2.45, 2.75) is 77.5 Å². The smallest absolute Gasteiger partial charge is 0.243 e. The molecule has 0 radical (unpaired) electrons. The van der Waals surface area contributed by atoms with Gasteiger partial charge in [0.15, 0.2) is 0 Å². The molecule has 0 aromatic carbocycles. The van der Waals surface area contributed by atoms with Gasteiger partial charge in [0.25, 0.3) is 0 Å². The van der Waals surface area contributed by atoms with Gasteiger partial charge in [0.05, 0.1) is 0 Å². The van der Waals surface area contributed by atoms with Crippen molar-refractivity contribution in [2.24, 2.45) is 17.4 Å². The monoisotopic (exact) mass is 369 g/mol. The van der Waals surface area contributed by atoms with E-state index in [0.717, 1.165) is 19.3 Å². The molecule has 4 atom stereocenters. The van der Waals surface area contributed by atoms with Gasteiger partial charge in [-0.25, -0.2) is 0 Å². The summed E-state index contributed by atoms with van der Waals surface area (Å²) in [6, 6.07) is -2.14. The molecule has 8 nitrogen and oxygen atoms in total. The Kier molecular flexibility index (Phi) is 9.01. The summed E-state index contributed by atoms with van der Waals surface area (Å²) in [5.41, 5.74) is 11.6. The van der Waals surface area contributed by atoms with Crippen LogP contribution in [0.3, 0.4) is 0 Å². The molecule has 0 spiro atoms. The summed E-state index contributed by atoms with van der Waals surface area (Å²) in [6.07, 6.45) is 2.93. The van der Waals surface area contributed by atoms with Crippen LogP contribution in [0.4, 0.5) is 0 Å². The molecule has 0 aromatic rings. The molecule has 150 valence electrons. The van der Waals surface area contributed by atoms with E-state index in [1.54, 1.807) is 4.90 Å². The number of nitrogens with one attached hydrogen (secondary N) is 2. The zero-order valence-corrected chi connectivity index (χ0v) is 16.5. The second-order valence-corrected chi connectivity index (χ2v) is 7.31. The molecule has 1 saturated heterocycles. The van der Waals surface area contributed by atoms with Crippen molar-refractivity contribution < 1.29 is 14.4 Å². The van der Waals surface area contributed by atoms with Gasteiger partial charge in [0.1, 0.15) is 18.1 Å². The van der Waals surface area contributed by atoms with Crippen LogP contribution in [0, 0.1) is 5.92 Å². The zero-order valence-electron chi connectivity index (χ0n) is 16.5. The van der Waals surface area contributed by atoms with Crippen molar-refractivity contribution in [1.82, 2.24) is 15.5 Å². The molecule has 1 fully saturated rings. The number of hydrogen-bond acceptors (Lipinski definition) is 5. The van der Waals surface area contributed by atoms with Crippen molar-refractivity contribution >= 4 is 17.7 Å². The minimum atomic E-state index is -0.744. The summed E-state index contributed by atoms with van der Waals surface area (Å²) in [6.45, 7) is 8.72. The molecule has 0 bridgehead atoms. The number of carbonyl (C=O) groups is 3. The van der Waals surface area contributed by atoms with Crippen LogP contribution in [0.25, 0.3) is 0 Å². The van der Waals surface area contributed by atoms with Crippen LogP contribution in [0.15, 0.2) is 0 Å². The van der Waals surface area contributed by atoms with Crippen LogP contribution >= 0.6 is 0 Å². The Morgan fingerprint density at radius 3 is 2.35 bits per heavy atom. The topological polar surface area (TPSA) is 131 Å². The maximum Gasteiger partial charge on any atom is 0.243 e. The third kappa shape index (κ3) is 5.67. The van der Waals surface area contributed by atoms with E-state index < -0.39 is 24.0 Å². The lowest BCUT2D eigenvalue weighted by molar-refractivity contribution is -0.141. The Labute approximate surface area is 156 Å². The minimum absolute atomic E-state index is 0.116. The first-order valence-corrected chi connectivity index (χ1v) is 9.63. The van der Waals surface area contributed by atoms with Crippen molar-refractivity contribution in [3.63, 3.8) is 0 Å². The first-order valence-electron chi connectivity index (χ1n) is 9.63. The number of carbonyl (C=O) groups excluding carboxylic acids is 3. The second-order valence-electron chi connectivity index (χ2n) is 7.31. The lowest BCUT2D eigenvalue weighted by atomic mass is 10.0. The highest BCUT2D eigenvalue weighted by Gasteiger charge is 2.39. The minimum Gasteiger partial charge on any atom is -0.368 e. The van der Waals surface area contributed by atoms with Crippen molar-refractivity contribution in [1.29, 1.82) is 0 Å². The molecule has 1 rings (SSSR count). The van der Waals surface area contributed by atoms with E-state index >= 15 is 0 Å². The Morgan fingerprint density at radius 2 is 1.85 bits per heavy atom. The van der Waals surface area contributed by atoms with Crippen LogP contribution < -0.4 is 22.1 Å². The van der Waals surface area contributed by atoms with Crippen LogP contribution in [-0.4, -0.2) is 59.9 Å². The van der Waals surface area contributed by atoms with Crippen LogP contribution in [0.1, 0.15) is 53.4 Å². The number of nitrogens with zero attached hydrogens (tertiary/aromatic N) is 1. The number of hydrogen-bond donors (Lipinski definition) is 4. The molecule has 1 heterocycles. The normalized spacial score (nSPS) is 20.7. The fraction of sp³-hybridized carbons (Fsp3) is 0.833. The summed E-state index contributed by atoms with van der Waals surface area (Å²) in [4.78, 5) is 38.9. The summed E-state index contributed by atoms with van der Waals surface area (Å²) < 4.78 is 0. The molecule has 4 unspecified atom stereocenters. The van der Waals surface area contributed by atoms with Gasteiger partial charge in [-0.05, 0) is 31.7 Å². The molecule has 8 heteroatoms. The van der Waals surface area contributed by atoms with E-state index in [1.807, 2.05) is 27.7 Å². The fourth-order valence-electron chi connectivity index (χ4n) is 3.44. The molecular formula is C18H35N5O3. The maximum absolute atomic E-state index is 13.0. The van der Waals surface area contributed by atoms with Crippen molar-refractivity contribution in [2.75, 3.05) is 13.1 Å². The number of rotatable bonds is 10. The van der Waals surface area contributed by atoms with E-state index in [-0.39, 0.29) is 23.8 Å². The number of nitrogens with two attached hydrogens (primary N) is 2. The van der Waals surface area contributed by atoms with E-state index in [9.17, 15) is 14.4 Å². The maximum atomic E-state index is 13.0. The van der Waals surface area contributed by atoms with E-state index in [2.05, 4.69) is 10.6 Å². The molecule has 0 aliphatic carbocycles. The Morgan fingerprint density at radius 1 is 1.19 bits per heavy atom. The molecule has 0 saturated carbocycles. The van der Waals surface area contributed by atoms with E-state index in [1.165, 1.54) is 0 Å². The number of likely N-dealkylation sites (tertiary alicyclic amines) is 1. The van der Waals surface area contributed by atoms with Gasteiger partial charge in [-0.1, -0.05) is 34.1 Å². The van der Waals surface area contributed by atoms with Gasteiger partial charge in [-0.3, -0.25) is 14.4 Å². The van der Waals surface area contributed by atoms with Gasteiger partial charge in [0, 0.05) is 12.6 Å². The Hall–Kier alpha value is -1.67. The molecule has 1 aliphatic rings. The Balaban J connectivity index is 2.88. The Bertz CT molecular complexity index is 497. The predicted octanol–water partition coefficient (Wildman–Crippen LogP) is -0.291. The summed E-state index contributed by atoms with van der Waals surface area (Å²) in [7, 11) is 0. The van der Waals surface area contributed by atoms with Crippen LogP contribution in [0.5, 0.6) is 0 Å². The molecule has 0 aromatic heterocycles. The second kappa shape index (κ2) is 10.5. The van der Waals surface area contributed by atoms with E-state index in [0.29, 0.717) is 19.5 Å². The standard InChI is InChI=1S/C18H35N5O3/c1-5-8-12(19)15(21-6-2)18(26)23-10-7-9-13(23)17(25)22-14(11(3)4)16(20)24/h11-15,21H,5-10,19H2,1-4H3,(H2,20,24)(H,22,25). The molecule has 6 N–H and O–H groups in total. The average molecular weight is 370 g/mol. The molecule has 26 heavy (non-hydrogen) atoms. The average Bonchev–Trinajstić information content (AvgIpc) is 3.06. The number of amides is 3. The molecule has 3 amide bonds. The van der Waals surface area contributed by atoms with Gasteiger partial charge in [0.2, 0.25) is 17.7 Å². The van der Waals surface area contributed by atoms with E-state index in [4.69, 9.17) is 11.5 Å². The van der Waals surface area contributed by atoms with Crippen LogP contribution in [0.2, 0.25) is 0 Å². The summed E-state index contributed by atoms with van der Waals surface area (Å²) in [5.74, 6) is -1.16. The van der Waals surface area contributed by atoms with Gasteiger partial charge in [-0.2, -0.15) is 0 Å².